The topological polar surface area (TPSA) is 30.5 Å². The van der Waals surface area contributed by atoms with Gasteiger partial charge in [0.25, 0.3) is 0 Å². The van der Waals surface area contributed by atoms with Crippen LogP contribution in [0.5, 0.6) is 5.75 Å². The molecule has 0 aliphatic rings. The molecule has 0 heterocycles. The Morgan fingerprint density at radius 1 is 1.25 bits per heavy atom. The predicted molar refractivity (Wildman–Crippen MR) is 70.9 cm³/mol. The van der Waals surface area contributed by atoms with E-state index in [1.807, 2.05) is 6.92 Å². The molecule has 0 fully saturated rings. The second-order valence-corrected chi connectivity index (χ2v) is 4.39. The van der Waals surface area contributed by atoms with Crippen LogP contribution in [-0.2, 0) is 10.9 Å². The first-order valence-electron chi connectivity index (χ1n) is 6.51. The van der Waals surface area contributed by atoms with Crippen LogP contribution in [0, 0.1) is 0 Å². The summed E-state index contributed by atoms with van der Waals surface area (Å²) in [5, 5.41) is 3.11. The number of halogens is 3. The van der Waals surface area contributed by atoms with Gasteiger partial charge >= 0.3 is 6.18 Å². The van der Waals surface area contributed by atoms with Gasteiger partial charge in [-0.3, -0.25) is 0 Å². The zero-order valence-electron chi connectivity index (χ0n) is 11.7. The van der Waals surface area contributed by atoms with Gasteiger partial charge in [0.05, 0.1) is 12.2 Å². The zero-order chi connectivity index (χ0) is 15.0. The fraction of sp³-hybridized carbons (Fsp3) is 0.571. The number of ether oxygens (including phenoxy) is 2. The average molecular weight is 291 g/mol. The summed E-state index contributed by atoms with van der Waals surface area (Å²) in [5.74, 6) is -0.166. The van der Waals surface area contributed by atoms with Crippen molar-refractivity contribution in [1.29, 1.82) is 0 Å². The lowest BCUT2D eigenvalue weighted by Crippen LogP contribution is -2.35. The van der Waals surface area contributed by atoms with Crippen LogP contribution < -0.4 is 10.1 Å². The first-order valence-corrected chi connectivity index (χ1v) is 6.51. The van der Waals surface area contributed by atoms with Gasteiger partial charge in [-0.05, 0) is 25.1 Å². The molecule has 0 aliphatic heterocycles. The summed E-state index contributed by atoms with van der Waals surface area (Å²) in [6, 6.07) is 5.20. The molecule has 1 rings (SSSR count). The quantitative estimate of drug-likeness (QED) is 0.747. The number of para-hydroxylation sites is 1. The van der Waals surface area contributed by atoms with Crippen molar-refractivity contribution in [2.45, 2.75) is 25.6 Å². The van der Waals surface area contributed by atoms with E-state index >= 15 is 0 Å². The third-order valence-electron chi connectivity index (χ3n) is 2.64. The number of hydrogen-bond acceptors (Lipinski definition) is 3. The Hall–Kier alpha value is -1.27. The van der Waals surface area contributed by atoms with E-state index in [2.05, 4.69) is 5.32 Å². The zero-order valence-corrected chi connectivity index (χ0v) is 11.7. The van der Waals surface area contributed by atoms with Crippen molar-refractivity contribution in [3.05, 3.63) is 29.8 Å². The highest BCUT2D eigenvalue weighted by Crippen LogP contribution is 2.36. The molecule has 0 bridgehead atoms. The monoisotopic (exact) mass is 291 g/mol. The fourth-order valence-corrected chi connectivity index (χ4v) is 1.74. The SMILES string of the molecule is CCCNCC(COC)Oc1ccccc1C(F)(F)F. The summed E-state index contributed by atoms with van der Waals surface area (Å²) < 4.78 is 49.0. The molecule has 0 saturated carbocycles. The van der Waals surface area contributed by atoms with Crippen LogP contribution >= 0.6 is 0 Å². The molecule has 6 heteroatoms. The minimum absolute atomic E-state index is 0.166. The third kappa shape index (κ3) is 5.38. The van der Waals surface area contributed by atoms with Gasteiger partial charge in [0.2, 0.25) is 0 Å². The molecule has 1 atom stereocenters. The van der Waals surface area contributed by atoms with Gasteiger partial charge in [0, 0.05) is 13.7 Å². The molecule has 0 spiro atoms. The van der Waals surface area contributed by atoms with Crippen LogP contribution in [0.15, 0.2) is 24.3 Å². The Morgan fingerprint density at radius 2 is 1.95 bits per heavy atom. The van der Waals surface area contributed by atoms with Gasteiger partial charge in [-0.25, -0.2) is 0 Å². The van der Waals surface area contributed by atoms with Crippen LogP contribution in [-0.4, -0.2) is 32.9 Å². The standard InChI is InChI=1S/C14H20F3NO2/c1-3-8-18-9-11(10-19-2)20-13-7-5-4-6-12(13)14(15,16)17/h4-7,11,18H,3,8-10H2,1-2H3. The Labute approximate surface area is 117 Å². The smallest absolute Gasteiger partial charge is 0.419 e. The molecule has 1 N–H and O–H groups in total. The van der Waals surface area contributed by atoms with Crippen molar-refractivity contribution >= 4 is 0 Å². The van der Waals surface area contributed by atoms with Gasteiger partial charge in [0.15, 0.2) is 0 Å². The minimum atomic E-state index is -4.43. The highest BCUT2D eigenvalue weighted by Gasteiger charge is 2.34. The predicted octanol–water partition coefficient (Wildman–Crippen LogP) is 3.10. The molecule has 0 aromatic heterocycles. The first kappa shape index (κ1) is 16.8. The number of methoxy groups -OCH3 is 1. The Morgan fingerprint density at radius 3 is 2.55 bits per heavy atom. The van der Waals surface area contributed by atoms with Crippen molar-refractivity contribution in [3.63, 3.8) is 0 Å². The highest BCUT2D eigenvalue weighted by molar-refractivity contribution is 5.35. The second kappa shape index (κ2) is 8.11. The molecule has 1 aromatic rings. The largest absolute Gasteiger partial charge is 0.486 e. The summed E-state index contributed by atoms with van der Waals surface area (Å²) in [7, 11) is 1.49. The lowest BCUT2D eigenvalue weighted by molar-refractivity contribution is -0.139. The van der Waals surface area contributed by atoms with Crippen LogP contribution in [0.1, 0.15) is 18.9 Å². The van der Waals surface area contributed by atoms with Crippen LogP contribution in [0.3, 0.4) is 0 Å². The van der Waals surface area contributed by atoms with E-state index in [-0.39, 0.29) is 12.4 Å². The lowest BCUT2D eigenvalue weighted by Gasteiger charge is -2.21. The Balaban J connectivity index is 2.77. The van der Waals surface area contributed by atoms with Crippen LogP contribution in [0.4, 0.5) is 13.2 Å². The summed E-state index contributed by atoms with van der Waals surface area (Å²) in [6.45, 7) is 3.46. The van der Waals surface area contributed by atoms with Crippen LogP contribution in [0.2, 0.25) is 0 Å². The number of rotatable bonds is 8. The van der Waals surface area contributed by atoms with Crippen LogP contribution in [0.25, 0.3) is 0 Å². The maximum Gasteiger partial charge on any atom is 0.419 e. The molecular formula is C14H20F3NO2. The summed E-state index contributed by atoms with van der Waals surface area (Å²) in [6.07, 6.45) is -3.95. The van der Waals surface area contributed by atoms with E-state index < -0.39 is 17.8 Å². The first-order chi connectivity index (χ1) is 9.49. The Bertz CT molecular complexity index is 396. The number of alkyl halides is 3. The molecule has 20 heavy (non-hydrogen) atoms. The lowest BCUT2D eigenvalue weighted by atomic mass is 10.2. The molecule has 114 valence electrons. The summed E-state index contributed by atoms with van der Waals surface area (Å²) in [4.78, 5) is 0. The average Bonchev–Trinajstić information content (AvgIpc) is 2.38. The van der Waals surface area contributed by atoms with Gasteiger partial charge in [0.1, 0.15) is 11.9 Å². The van der Waals surface area contributed by atoms with Crippen molar-refractivity contribution in [3.8, 4) is 5.75 Å². The van der Waals surface area contributed by atoms with Crippen molar-refractivity contribution < 1.29 is 22.6 Å². The second-order valence-electron chi connectivity index (χ2n) is 4.39. The van der Waals surface area contributed by atoms with Gasteiger partial charge in [-0.1, -0.05) is 19.1 Å². The fourth-order valence-electron chi connectivity index (χ4n) is 1.74. The summed E-state index contributed by atoms with van der Waals surface area (Å²) >= 11 is 0. The van der Waals surface area contributed by atoms with E-state index in [1.54, 1.807) is 0 Å². The van der Waals surface area contributed by atoms with Gasteiger partial charge in [-0.15, -0.1) is 0 Å². The van der Waals surface area contributed by atoms with E-state index in [4.69, 9.17) is 9.47 Å². The maximum absolute atomic E-state index is 12.9. The molecule has 0 radical (unpaired) electrons. The normalized spacial score (nSPS) is 13.2. The minimum Gasteiger partial charge on any atom is -0.486 e. The van der Waals surface area contributed by atoms with Gasteiger partial charge < -0.3 is 14.8 Å². The maximum atomic E-state index is 12.9. The summed E-state index contributed by atoms with van der Waals surface area (Å²) in [5.41, 5.74) is -0.767. The number of benzene rings is 1. The highest BCUT2D eigenvalue weighted by atomic mass is 19.4. The molecule has 0 aliphatic carbocycles. The van der Waals surface area contributed by atoms with Crippen molar-refractivity contribution in [2.75, 3.05) is 26.8 Å². The molecule has 1 unspecified atom stereocenters. The molecule has 3 nitrogen and oxygen atoms in total. The molecular weight excluding hydrogens is 271 g/mol. The van der Waals surface area contributed by atoms with Crippen molar-refractivity contribution in [1.82, 2.24) is 5.32 Å². The van der Waals surface area contributed by atoms with E-state index in [0.29, 0.717) is 6.54 Å². The third-order valence-corrected chi connectivity index (χ3v) is 2.64. The van der Waals surface area contributed by atoms with Crippen molar-refractivity contribution in [2.24, 2.45) is 0 Å². The molecule has 1 aromatic carbocycles. The number of nitrogens with one attached hydrogen (secondary N) is 1. The Kier molecular flexibility index (Phi) is 6.81. The number of hydrogen-bond donors (Lipinski definition) is 1. The molecule has 0 saturated heterocycles. The van der Waals surface area contributed by atoms with E-state index in [9.17, 15) is 13.2 Å². The van der Waals surface area contributed by atoms with E-state index in [0.717, 1.165) is 19.0 Å². The molecule has 0 amide bonds. The van der Waals surface area contributed by atoms with Gasteiger partial charge in [-0.2, -0.15) is 13.2 Å². The van der Waals surface area contributed by atoms with E-state index in [1.165, 1.54) is 25.3 Å².